The molecule has 1 heterocycles. The van der Waals surface area contributed by atoms with Crippen LogP contribution in [0.4, 0.5) is 10.1 Å². The Hall–Kier alpha value is -3.00. The molecule has 0 unspecified atom stereocenters. The number of hydrogen-bond acceptors (Lipinski definition) is 4. The van der Waals surface area contributed by atoms with Gasteiger partial charge in [-0.1, -0.05) is 36.4 Å². The fourth-order valence-corrected chi connectivity index (χ4v) is 2.33. The van der Waals surface area contributed by atoms with Gasteiger partial charge in [-0.25, -0.2) is 4.39 Å². The third-order valence-electron chi connectivity index (χ3n) is 3.43. The highest BCUT2D eigenvalue weighted by Gasteiger charge is 2.10. The summed E-state index contributed by atoms with van der Waals surface area (Å²) in [5.41, 5.74) is 2.24. The lowest BCUT2D eigenvalue weighted by molar-refractivity contribution is 0.610. The molecular weight excluding hydrogens is 279 g/mol. The summed E-state index contributed by atoms with van der Waals surface area (Å²) >= 11 is 0. The lowest BCUT2D eigenvalue weighted by Crippen LogP contribution is -2.09. The van der Waals surface area contributed by atoms with Gasteiger partial charge in [0.15, 0.2) is 5.69 Å². The first-order valence-electron chi connectivity index (χ1n) is 6.92. The third kappa shape index (κ3) is 2.72. The van der Waals surface area contributed by atoms with Crippen LogP contribution >= 0.6 is 0 Å². The van der Waals surface area contributed by atoms with E-state index >= 15 is 0 Å². The van der Waals surface area contributed by atoms with Crippen LogP contribution in [0.15, 0.2) is 48.5 Å². The average molecular weight is 292 g/mol. The average Bonchev–Trinajstić information content (AvgIpc) is 2.56. The summed E-state index contributed by atoms with van der Waals surface area (Å²) in [4.78, 5) is 0. The zero-order valence-corrected chi connectivity index (χ0v) is 11.8. The molecule has 0 aliphatic carbocycles. The first kappa shape index (κ1) is 14.0. The quantitative estimate of drug-likeness (QED) is 0.801. The number of halogens is 1. The molecule has 0 atom stereocenters. The van der Waals surface area contributed by atoms with Crippen molar-refractivity contribution in [3.8, 4) is 6.07 Å². The van der Waals surface area contributed by atoms with Crippen molar-refractivity contribution in [1.29, 1.82) is 5.26 Å². The van der Waals surface area contributed by atoms with Gasteiger partial charge >= 0.3 is 0 Å². The second kappa shape index (κ2) is 6.19. The van der Waals surface area contributed by atoms with Gasteiger partial charge in [-0.2, -0.15) is 5.26 Å². The molecule has 0 aliphatic rings. The monoisotopic (exact) mass is 292 g/mol. The molecule has 5 heteroatoms. The van der Waals surface area contributed by atoms with Gasteiger partial charge in [0.1, 0.15) is 11.9 Å². The lowest BCUT2D eigenvalue weighted by Gasteiger charge is -2.10. The first-order chi connectivity index (χ1) is 10.8. The second-order valence-corrected chi connectivity index (χ2v) is 4.82. The predicted molar refractivity (Wildman–Crippen MR) is 82.8 cm³/mol. The maximum atomic E-state index is 13.6. The minimum atomic E-state index is -0.220. The van der Waals surface area contributed by atoms with E-state index in [2.05, 4.69) is 15.5 Å². The SMILES string of the molecule is N#Cc1nnc2ccccc2c1NCCc1ccccc1F. The molecule has 1 N–H and O–H groups in total. The zero-order chi connectivity index (χ0) is 15.4. The molecule has 0 saturated carbocycles. The maximum Gasteiger partial charge on any atom is 0.186 e. The van der Waals surface area contributed by atoms with Crippen LogP contribution < -0.4 is 5.32 Å². The Labute approximate surface area is 127 Å². The molecule has 0 saturated heterocycles. The Bertz CT molecular complexity index is 855. The number of hydrogen-bond donors (Lipinski definition) is 1. The molecule has 0 aliphatic heterocycles. The van der Waals surface area contributed by atoms with Gasteiger partial charge in [-0.3, -0.25) is 0 Å². The van der Waals surface area contributed by atoms with Gasteiger partial charge in [-0.15, -0.1) is 10.2 Å². The van der Waals surface area contributed by atoms with E-state index in [0.29, 0.717) is 24.2 Å². The van der Waals surface area contributed by atoms with E-state index in [9.17, 15) is 9.65 Å². The zero-order valence-electron chi connectivity index (χ0n) is 11.8. The molecule has 4 nitrogen and oxygen atoms in total. The highest BCUT2D eigenvalue weighted by Crippen LogP contribution is 2.23. The summed E-state index contributed by atoms with van der Waals surface area (Å²) < 4.78 is 13.6. The molecule has 108 valence electrons. The predicted octanol–water partition coefficient (Wildman–Crippen LogP) is 3.30. The second-order valence-electron chi connectivity index (χ2n) is 4.82. The van der Waals surface area contributed by atoms with E-state index < -0.39 is 0 Å². The largest absolute Gasteiger partial charge is 0.382 e. The van der Waals surface area contributed by atoms with Gasteiger partial charge < -0.3 is 5.32 Å². The number of anilines is 1. The van der Waals surface area contributed by atoms with Crippen molar-refractivity contribution in [2.45, 2.75) is 6.42 Å². The normalized spacial score (nSPS) is 10.4. The Morgan fingerprint density at radius 3 is 2.64 bits per heavy atom. The van der Waals surface area contributed by atoms with Crippen LogP contribution in [0.25, 0.3) is 10.9 Å². The molecule has 3 rings (SSSR count). The van der Waals surface area contributed by atoms with E-state index in [1.807, 2.05) is 36.4 Å². The molecule has 0 amide bonds. The van der Waals surface area contributed by atoms with Crippen LogP contribution in [0, 0.1) is 17.1 Å². The summed E-state index contributed by atoms with van der Waals surface area (Å²) in [6, 6.07) is 16.2. The van der Waals surface area contributed by atoms with Crippen LogP contribution in [0.2, 0.25) is 0 Å². The number of rotatable bonds is 4. The first-order valence-corrected chi connectivity index (χ1v) is 6.92. The van der Waals surface area contributed by atoms with Gasteiger partial charge in [-0.05, 0) is 24.1 Å². The fourth-order valence-electron chi connectivity index (χ4n) is 2.33. The minimum Gasteiger partial charge on any atom is -0.382 e. The standard InChI is InChI=1S/C17H13FN4/c18-14-7-3-1-5-12(14)9-10-20-17-13-6-2-4-8-15(13)21-22-16(17)11-19/h1-8H,9-10H2,(H,20,21). The van der Waals surface area contributed by atoms with E-state index in [1.165, 1.54) is 6.07 Å². The van der Waals surface area contributed by atoms with Gasteiger partial charge in [0, 0.05) is 11.9 Å². The topological polar surface area (TPSA) is 61.6 Å². The highest BCUT2D eigenvalue weighted by atomic mass is 19.1. The summed E-state index contributed by atoms with van der Waals surface area (Å²) in [5.74, 6) is -0.220. The Kier molecular flexibility index (Phi) is 3.92. The van der Waals surface area contributed by atoms with E-state index in [-0.39, 0.29) is 11.5 Å². The van der Waals surface area contributed by atoms with Crippen LogP contribution in [-0.4, -0.2) is 16.7 Å². The van der Waals surface area contributed by atoms with Crippen molar-refractivity contribution < 1.29 is 4.39 Å². The number of benzene rings is 2. The number of fused-ring (bicyclic) bond motifs is 1. The number of aromatic nitrogens is 2. The van der Waals surface area contributed by atoms with Gasteiger partial charge in [0.25, 0.3) is 0 Å². The molecular formula is C17H13FN4. The molecule has 1 aromatic heterocycles. The van der Waals surface area contributed by atoms with E-state index in [4.69, 9.17) is 0 Å². The van der Waals surface area contributed by atoms with Gasteiger partial charge in [0.05, 0.1) is 11.2 Å². The highest BCUT2D eigenvalue weighted by molar-refractivity contribution is 5.92. The van der Waals surface area contributed by atoms with Gasteiger partial charge in [0.2, 0.25) is 0 Å². The minimum absolute atomic E-state index is 0.220. The van der Waals surface area contributed by atoms with Crippen LogP contribution in [0.1, 0.15) is 11.3 Å². The molecule has 3 aromatic rings. The summed E-state index contributed by atoms with van der Waals surface area (Å²) in [7, 11) is 0. The molecule has 0 spiro atoms. The van der Waals surface area contributed by atoms with Crippen LogP contribution in [0.5, 0.6) is 0 Å². The van der Waals surface area contributed by atoms with E-state index in [1.54, 1.807) is 12.1 Å². The molecule has 0 bridgehead atoms. The van der Waals surface area contributed by atoms with Crippen molar-refractivity contribution in [1.82, 2.24) is 10.2 Å². The summed E-state index contributed by atoms with van der Waals surface area (Å²) in [6.45, 7) is 0.505. The Morgan fingerprint density at radius 2 is 1.82 bits per heavy atom. The summed E-state index contributed by atoms with van der Waals surface area (Å²) in [5, 5.41) is 21.2. The lowest BCUT2D eigenvalue weighted by atomic mass is 10.1. The van der Waals surface area contributed by atoms with E-state index in [0.717, 1.165) is 10.9 Å². The smallest absolute Gasteiger partial charge is 0.186 e. The third-order valence-corrected chi connectivity index (χ3v) is 3.43. The number of nitrogens with zero attached hydrogens (tertiary/aromatic N) is 3. The molecule has 0 fully saturated rings. The number of nitrogens with one attached hydrogen (secondary N) is 1. The maximum absolute atomic E-state index is 13.6. The molecule has 0 radical (unpaired) electrons. The summed E-state index contributed by atoms with van der Waals surface area (Å²) in [6.07, 6.45) is 0.522. The number of nitriles is 1. The Morgan fingerprint density at radius 1 is 1.05 bits per heavy atom. The Balaban J connectivity index is 1.84. The van der Waals surface area contributed by atoms with Crippen LogP contribution in [-0.2, 0) is 6.42 Å². The molecule has 2 aromatic carbocycles. The van der Waals surface area contributed by atoms with Crippen molar-refractivity contribution in [2.24, 2.45) is 0 Å². The van der Waals surface area contributed by atoms with Crippen LogP contribution in [0.3, 0.4) is 0 Å². The van der Waals surface area contributed by atoms with Crippen molar-refractivity contribution in [3.63, 3.8) is 0 Å². The van der Waals surface area contributed by atoms with Crippen molar-refractivity contribution >= 4 is 16.6 Å². The van der Waals surface area contributed by atoms with Crippen molar-refractivity contribution in [3.05, 3.63) is 65.6 Å². The fraction of sp³-hybridized carbons (Fsp3) is 0.118. The van der Waals surface area contributed by atoms with Crippen molar-refractivity contribution in [2.75, 3.05) is 11.9 Å². The molecule has 22 heavy (non-hydrogen) atoms.